The van der Waals surface area contributed by atoms with E-state index in [0.717, 1.165) is 17.1 Å². The lowest BCUT2D eigenvalue weighted by molar-refractivity contribution is 0.660. The Morgan fingerprint density at radius 3 is 1.25 bits per heavy atom. The van der Waals surface area contributed by atoms with E-state index < -0.39 is 5.41 Å². The summed E-state index contributed by atoms with van der Waals surface area (Å²) < 4.78 is 0. The molecule has 11 aromatic carbocycles. The SMILES string of the molecule is CC1(C)c2ccccc2-c2ccc(N(c3ccc(-c4ccccc4)cc3)c3ccc(-c4ccc(-c5ccc6c(c5)C(c5ccccc5)(c5ccccc5)c5cccc(-c7ccccc7)c5-6)cc4)cc3)cc21. The van der Waals surface area contributed by atoms with E-state index in [1.807, 2.05) is 0 Å². The van der Waals surface area contributed by atoms with Crippen LogP contribution < -0.4 is 4.90 Å². The second-order valence-corrected chi connectivity index (χ2v) is 19.6. The van der Waals surface area contributed by atoms with Crippen LogP contribution in [-0.4, -0.2) is 0 Å². The first-order valence-corrected chi connectivity index (χ1v) is 24.8. The van der Waals surface area contributed by atoms with Crippen molar-refractivity contribution in [3.8, 4) is 66.8 Å². The average Bonchev–Trinajstić information content (AvgIpc) is 3.87. The predicted molar refractivity (Wildman–Crippen MR) is 298 cm³/mol. The molecule has 0 radical (unpaired) electrons. The maximum atomic E-state index is 2.47. The highest BCUT2D eigenvalue weighted by atomic mass is 15.1. The monoisotopic (exact) mass is 905 g/mol. The van der Waals surface area contributed by atoms with Crippen molar-refractivity contribution in [2.45, 2.75) is 24.7 Å². The quantitative estimate of drug-likeness (QED) is 0.139. The maximum absolute atomic E-state index is 2.47. The minimum atomic E-state index is -0.505. The molecule has 0 aromatic heterocycles. The molecule has 0 spiro atoms. The standard InChI is InChI=1S/C70H51N/c1-69(2)64-28-16-15-26-61(64)62-45-43-59(47-66(62)69)71(57-39-34-50(35-40-57)48-18-7-3-8-19-48)58-41-36-51(37-42-58)49-30-32-52(33-31-49)54-38-44-63-67(46-54)70(55-22-11-5-12-23-55,56-24-13-6-14-25-56)65-29-17-27-60(68(63)65)53-20-9-4-10-21-53/h3-47H,1-2H3. The van der Waals surface area contributed by atoms with Gasteiger partial charge in [-0.3, -0.25) is 0 Å². The van der Waals surface area contributed by atoms with Gasteiger partial charge in [0.2, 0.25) is 0 Å². The number of benzene rings is 11. The second kappa shape index (κ2) is 17.0. The molecule has 2 aliphatic carbocycles. The molecule has 0 unspecified atom stereocenters. The van der Waals surface area contributed by atoms with E-state index in [9.17, 15) is 0 Å². The molecule has 0 fully saturated rings. The van der Waals surface area contributed by atoms with Gasteiger partial charge in [0.15, 0.2) is 0 Å². The predicted octanol–water partition coefficient (Wildman–Crippen LogP) is 18.5. The van der Waals surface area contributed by atoms with E-state index in [1.165, 1.54) is 100 Å². The van der Waals surface area contributed by atoms with Gasteiger partial charge >= 0.3 is 0 Å². The molecule has 1 nitrogen and oxygen atoms in total. The van der Waals surface area contributed by atoms with Gasteiger partial charge in [-0.05, 0) is 143 Å². The summed E-state index contributed by atoms with van der Waals surface area (Å²) in [4.78, 5) is 2.40. The van der Waals surface area contributed by atoms with Crippen LogP contribution in [0.2, 0.25) is 0 Å². The Kier molecular flexibility index (Phi) is 10.1. The van der Waals surface area contributed by atoms with Crippen molar-refractivity contribution < 1.29 is 0 Å². The Morgan fingerprint density at radius 2 is 0.662 bits per heavy atom. The molecule has 0 amide bonds. The summed E-state index contributed by atoms with van der Waals surface area (Å²) in [5.41, 5.74) is 25.5. The highest BCUT2D eigenvalue weighted by Crippen LogP contribution is 2.59. The van der Waals surface area contributed by atoms with Crippen LogP contribution in [-0.2, 0) is 10.8 Å². The third-order valence-corrected chi connectivity index (χ3v) is 15.4. The van der Waals surface area contributed by atoms with Crippen LogP contribution in [0.15, 0.2) is 273 Å². The van der Waals surface area contributed by atoms with E-state index in [2.05, 4.69) is 292 Å². The number of nitrogens with zero attached hydrogens (tertiary/aromatic N) is 1. The number of rotatable bonds is 9. The molecule has 336 valence electrons. The second-order valence-electron chi connectivity index (χ2n) is 19.6. The zero-order chi connectivity index (χ0) is 47.5. The van der Waals surface area contributed by atoms with Gasteiger partial charge in [-0.1, -0.05) is 244 Å². The first-order valence-electron chi connectivity index (χ1n) is 24.8. The lowest BCUT2D eigenvalue weighted by Gasteiger charge is -2.34. The lowest BCUT2D eigenvalue weighted by atomic mass is 9.67. The van der Waals surface area contributed by atoms with Gasteiger partial charge in [-0.15, -0.1) is 0 Å². The molecule has 0 saturated carbocycles. The fraction of sp³-hybridized carbons (Fsp3) is 0.0571. The molecule has 0 N–H and O–H groups in total. The van der Waals surface area contributed by atoms with Gasteiger partial charge in [0.05, 0.1) is 5.41 Å². The number of hydrogen-bond donors (Lipinski definition) is 0. The largest absolute Gasteiger partial charge is 0.310 e. The molecule has 11 aromatic rings. The minimum Gasteiger partial charge on any atom is -0.310 e. The van der Waals surface area contributed by atoms with Crippen LogP contribution in [0.3, 0.4) is 0 Å². The van der Waals surface area contributed by atoms with Crippen LogP contribution in [0.4, 0.5) is 17.1 Å². The molecule has 0 bridgehead atoms. The molecule has 0 heterocycles. The molecule has 2 aliphatic rings. The summed E-state index contributed by atoms with van der Waals surface area (Å²) in [5, 5.41) is 0. The van der Waals surface area contributed by atoms with Gasteiger partial charge in [0.25, 0.3) is 0 Å². The summed E-state index contributed by atoms with van der Waals surface area (Å²) in [7, 11) is 0. The smallest absolute Gasteiger partial charge is 0.0714 e. The Balaban J connectivity index is 0.873. The van der Waals surface area contributed by atoms with Gasteiger partial charge in [0, 0.05) is 22.5 Å². The number of fused-ring (bicyclic) bond motifs is 6. The van der Waals surface area contributed by atoms with Crippen LogP contribution in [0, 0.1) is 0 Å². The maximum Gasteiger partial charge on any atom is 0.0714 e. The van der Waals surface area contributed by atoms with Gasteiger partial charge in [0.1, 0.15) is 0 Å². The van der Waals surface area contributed by atoms with Crippen LogP contribution in [0.25, 0.3) is 66.8 Å². The number of anilines is 3. The molecule has 0 saturated heterocycles. The summed E-state index contributed by atoms with van der Waals surface area (Å²) in [6, 6.07) is 101. The first-order chi connectivity index (χ1) is 35.0. The Labute approximate surface area is 417 Å². The molecule has 0 aliphatic heterocycles. The van der Waals surface area contributed by atoms with Crippen molar-refractivity contribution >= 4 is 17.1 Å². The Morgan fingerprint density at radius 1 is 0.254 bits per heavy atom. The van der Waals surface area contributed by atoms with E-state index >= 15 is 0 Å². The van der Waals surface area contributed by atoms with Gasteiger partial charge in [-0.2, -0.15) is 0 Å². The molecule has 0 atom stereocenters. The zero-order valence-corrected chi connectivity index (χ0v) is 39.9. The van der Waals surface area contributed by atoms with Crippen molar-refractivity contribution in [1.82, 2.24) is 0 Å². The third-order valence-electron chi connectivity index (χ3n) is 15.4. The number of hydrogen-bond acceptors (Lipinski definition) is 1. The van der Waals surface area contributed by atoms with Crippen LogP contribution in [0.1, 0.15) is 47.2 Å². The highest BCUT2D eigenvalue weighted by molar-refractivity contribution is 5.97. The van der Waals surface area contributed by atoms with Gasteiger partial charge < -0.3 is 4.90 Å². The van der Waals surface area contributed by atoms with E-state index in [1.54, 1.807) is 0 Å². The topological polar surface area (TPSA) is 3.24 Å². The highest BCUT2D eigenvalue weighted by Gasteiger charge is 2.47. The Bertz CT molecular complexity index is 3680. The van der Waals surface area contributed by atoms with Crippen molar-refractivity contribution in [1.29, 1.82) is 0 Å². The van der Waals surface area contributed by atoms with Crippen molar-refractivity contribution in [3.63, 3.8) is 0 Å². The van der Waals surface area contributed by atoms with Crippen molar-refractivity contribution in [2.24, 2.45) is 0 Å². The van der Waals surface area contributed by atoms with Gasteiger partial charge in [-0.25, -0.2) is 0 Å². The van der Waals surface area contributed by atoms with Crippen molar-refractivity contribution in [3.05, 3.63) is 306 Å². The fourth-order valence-corrected chi connectivity index (χ4v) is 11.9. The third kappa shape index (κ3) is 6.91. The Hall–Kier alpha value is -8.78. The summed E-state index contributed by atoms with van der Waals surface area (Å²) in [6.45, 7) is 4.71. The van der Waals surface area contributed by atoms with E-state index in [4.69, 9.17) is 0 Å². The van der Waals surface area contributed by atoms with E-state index in [0.29, 0.717) is 0 Å². The molecule has 71 heavy (non-hydrogen) atoms. The molecule has 13 rings (SSSR count). The average molecular weight is 906 g/mol. The lowest BCUT2D eigenvalue weighted by Crippen LogP contribution is -2.28. The summed E-state index contributed by atoms with van der Waals surface area (Å²) in [5.74, 6) is 0. The minimum absolute atomic E-state index is 0.107. The van der Waals surface area contributed by atoms with E-state index in [-0.39, 0.29) is 5.41 Å². The van der Waals surface area contributed by atoms with Crippen LogP contribution in [0.5, 0.6) is 0 Å². The summed E-state index contributed by atoms with van der Waals surface area (Å²) in [6.07, 6.45) is 0. The van der Waals surface area contributed by atoms with Crippen LogP contribution >= 0.6 is 0 Å². The first kappa shape index (κ1) is 42.3. The fourth-order valence-electron chi connectivity index (χ4n) is 11.9. The molecular formula is C70H51N. The zero-order valence-electron chi connectivity index (χ0n) is 39.9. The summed E-state index contributed by atoms with van der Waals surface area (Å²) >= 11 is 0. The van der Waals surface area contributed by atoms with Crippen molar-refractivity contribution in [2.75, 3.05) is 4.90 Å². The molecule has 1 heteroatoms. The molecular weight excluding hydrogens is 855 g/mol. The normalized spacial score (nSPS) is 13.4.